The van der Waals surface area contributed by atoms with Gasteiger partial charge in [-0.05, 0) is 43.2 Å². The average molecular weight is 640 g/mol. The summed E-state index contributed by atoms with van der Waals surface area (Å²) >= 11 is 0. The van der Waals surface area contributed by atoms with Gasteiger partial charge in [-0.25, -0.2) is 9.59 Å². The van der Waals surface area contributed by atoms with E-state index in [1.54, 1.807) is 44.2 Å². The monoisotopic (exact) mass is 639 g/mol. The van der Waals surface area contributed by atoms with Crippen molar-refractivity contribution in [2.24, 2.45) is 17.8 Å². The Hall–Kier alpha value is -4.42. The van der Waals surface area contributed by atoms with Gasteiger partial charge in [0, 0.05) is 24.9 Å². The minimum Gasteiger partial charge on any atom is -0.479 e. The number of hydrogen-bond donors (Lipinski definition) is 5. The minimum atomic E-state index is -1.53. The van der Waals surface area contributed by atoms with E-state index >= 15 is 0 Å². The summed E-state index contributed by atoms with van der Waals surface area (Å²) in [6, 6.07) is 5.56. The van der Waals surface area contributed by atoms with Crippen molar-refractivity contribution >= 4 is 41.4 Å². The standard InChI is InChI=1S/C33H45N5O8/c1-5-22-17-33(22,31(43)44)37-28(40)25-16-24(46-32(45)35-23-14-10-7-11-15-23)18-38(25)30(42)26(19(2)3)36-29(41)27(34-20(4)39)21-12-8-6-9-13-21/h5,7,10-11,14-15,19,21-22,24-27H,1,6,8-9,12-13,16-18H2,2-4H3,(H,34,39)(H,35,45)(H,36,41)(H,37,40)(H,43,44)/t22-,24-,25+,26+,27+,33-/m1/s1. The molecule has 1 heterocycles. The molecule has 6 atom stereocenters. The molecule has 2 saturated carbocycles. The third-order valence-corrected chi connectivity index (χ3v) is 9.16. The Bertz CT molecular complexity index is 1330. The van der Waals surface area contributed by atoms with Crippen molar-refractivity contribution in [1.82, 2.24) is 20.9 Å². The van der Waals surface area contributed by atoms with Gasteiger partial charge in [-0.1, -0.05) is 57.4 Å². The molecule has 0 bridgehead atoms. The van der Waals surface area contributed by atoms with E-state index in [1.165, 1.54) is 17.9 Å². The summed E-state index contributed by atoms with van der Waals surface area (Å²) in [5.41, 5.74) is -1.04. The van der Waals surface area contributed by atoms with Crippen molar-refractivity contribution < 1.29 is 38.6 Å². The highest BCUT2D eigenvalue weighted by molar-refractivity contribution is 5.97. The molecule has 0 aromatic heterocycles. The first kappa shape index (κ1) is 34.5. The number of carboxylic acid groups (broad SMARTS) is 1. The largest absolute Gasteiger partial charge is 0.479 e. The van der Waals surface area contributed by atoms with E-state index in [0.29, 0.717) is 5.69 Å². The molecule has 3 fully saturated rings. The Morgan fingerprint density at radius 2 is 1.72 bits per heavy atom. The number of para-hydroxylation sites is 1. The normalized spacial score (nSPS) is 25.5. The van der Waals surface area contributed by atoms with Crippen molar-refractivity contribution in [3.63, 3.8) is 0 Å². The van der Waals surface area contributed by atoms with Crippen LogP contribution in [0.1, 0.15) is 65.7 Å². The molecule has 1 aromatic carbocycles. The summed E-state index contributed by atoms with van der Waals surface area (Å²) < 4.78 is 5.60. The lowest BCUT2D eigenvalue weighted by Gasteiger charge is -2.34. The lowest BCUT2D eigenvalue weighted by Crippen LogP contribution is -2.60. The molecule has 1 aromatic rings. The number of rotatable bonds is 12. The Labute approximate surface area is 268 Å². The number of amides is 5. The Balaban J connectivity index is 1.55. The summed E-state index contributed by atoms with van der Waals surface area (Å²) in [6.45, 7) is 8.35. The number of hydrogen-bond acceptors (Lipinski definition) is 7. The Morgan fingerprint density at radius 1 is 1.04 bits per heavy atom. The maximum absolute atomic E-state index is 14.2. The van der Waals surface area contributed by atoms with Gasteiger partial charge < -0.3 is 30.7 Å². The number of benzene rings is 1. The molecular weight excluding hydrogens is 594 g/mol. The fourth-order valence-electron chi connectivity index (χ4n) is 6.53. The maximum atomic E-state index is 14.2. The van der Waals surface area contributed by atoms with Gasteiger partial charge in [-0.2, -0.15) is 0 Å². The number of likely N-dealkylation sites (tertiary alicyclic amines) is 1. The Morgan fingerprint density at radius 3 is 2.28 bits per heavy atom. The quantitative estimate of drug-likeness (QED) is 0.216. The molecule has 1 aliphatic heterocycles. The first-order valence-electron chi connectivity index (χ1n) is 15.9. The average Bonchev–Trinajstić information content (AvgIpc) is 3.58. The highest BCUT2D eigenvalue weighted by atomic mass is 16.6. The van der Waals surface area contributed by atoms with E-state index in [4.69, 9.17) is 4.74 Å². The first-order valence-corrected chi connectivity index (χ1v) is 15.9. The van der Waals surface area contributed by atoms with Crippen LogP contribution in [0.4, 0.5) is 10.5 Å². The molecule has 5 N–H and O–H groups in total. The molecular formula is C33H45N5O8. The van der Waals surface area contributed by atoms with Crippen LogP contribution in [0.2, 0.25) is 0 Å². The van der Waals surface area contributed by atoms with Gasteiger partial charge >= 0.3 is 12.1 Å². The fourth-order valence-corrected chi connectivity index (χ4v) is 6.53. The molecule has 1 saturated heterocycles. The van der Waals surface area contributed by atoms with Crippen molar-refractivity contribution in [2.45, 2.75) is 95.5 Å². The van der Waals surface area contributed by atoms with Crippen LogP contribution in [0.25, 0.3) is 0 Å². The number of carboxylic acids is 1. The van der Waals surface area contributed by atoms with Crippen molar-refractivity contribution in [1.29, 1.82) is 0 Å². The maximum Gasteiger partial charge on any atom is 0.411 e. The highest BCUT2D eigenvalue weighted by Crippen LogP contribution is 2.45. The zero-order chi connectivity index (χ0) is 33.6. The molecule has 0 unspecified atom stereocenters. The first-order chi connectivity index (χ1) is 21.9. The highest BCUT2D eigenvalue weighted by Gasteiger charge is 2.61. The number of aliphatic carboxylic acids is 1. The van der Waals surface area contributed by atoms with E-state index in [1.807, 2.05) is 0 Å². The van der Waals surface area contributed by atoms with Crippen LogP contribution in [0.5, 0.6) is 0 Å². The third-order valence-electron chi connectivity index (χ3n) is 9.16. The van der Waals surface area contributed by atoms with Crippen LogP contribution in [0, 0.1) is 17.8 Å². The van der Waals surface area contributed by atoms with Crippen LogP contribution < -0.4 is 21.3 Å². The second-order valence-electron chi connectivity index (χ2n) is 12.9. The SMILES string of the molecule is C=C[C@@H]1C[C@]1(NC(=O)[C@@H]1C[C@@H](OC(=O)Nc2ccccc2)CN1C(=O)[C@@H](NC(=O)[C@@H](NC(C)=O)C1CCCCC1)C(C)C)C(=O)O. The summed E-state index contributed by atoms with van der Waals surface area (Å²) in [7, 11) is 0. The molecule has 5 amide bonds. The number of carbonyl (C=O) groups excluding carboxylic acids is 5. The molecule has 0 spiro atoms. The van der Waals surface area contributed by atoms with Gasteiger partial charge in [0.1, 0.15) is 29.8 Å². The summed E-state index contributed by atoms with van der Waals surface area (Å²) in [4.78, 5) is 79.5. The van der Waals surface area contributed by atoms with Gasteiger partial charge in [-0.15, -0.1) is 6.58 Å². The van der Waals surface area contributed by atoms with E-state index in [9.17, 15) is 33.9 Å². The number of anilines is 1. The summed E-state index contributed by atoms with van der Waals surface area (Å²) in [5.74, 6) is -4.30. The van der Waals surface area contributed by atoms with E-state index in [0.717, 1.165) is 32.1 Å². The molecule has 2 aliphatic carbocycles. The number of nitrogens with one attached hydrogen (secondary N) is 4. The van der Waals surface area contributed by atoms with Gasteiger partial charge in [0.2, 0.25) is 23.6 Å². The second-order valence-corrected chi connectivity index (χ2v) is 12.9. The van der Waals surface area contributed by atoms with Crippen molar-refractivity contribution in [3.8, 4) is 0 Å². The van der Waals surface area contributed by atoms with E-state index < -0.39 is 71.4 Å². The molecule has 13 heteroatoms. The van der Waals surface area contributed by atoms with Crippen LogP contribution in [0.15, 0.2) is 43.0 Å². The van der Waals surface area contributed by atoms with Crippen LogP contribution in [-0.2, 0) is 28.7 Å². The van der Waals surface area contributed by atoms with Crippen LogP contribution in [0.3, 0.4) is 0 Å². The molecule has 13 nitrogen and oxygen atoms in total. The second kappa shape index (κ2) is 14.8. The lowest BCUT2D eigenvalue weighted by molar-refractivity contribution is -0.146. The lowest BCUT2D eigenvalue weighted by atomic mass is 9.83. The fraction of sp³-hybridized carbons (Fsp3) is 0.576. The summed E-state index contributed by atoms with van der Waals surface area (Å²) in [6.07, 6.45) is 4.36. The smallest absolute Gasteiger partial charge is 0.411 e. The topological polar surface area (TPSA) is 183 Å². The number of carbonyl (C=O) groups is 6. The molecule has 4 rings (SSSR count). The molecule has 0 radical (unpaired) electrons. The molecule has 3 aliphatic rings. The van der Waals surface area contributed by atoms with Crippen molar-refractivity contribution in [3.05, 3.63) is 43.0 Å². The number of ether oxygens (including phenoxy) is 1. The van der Waals surface area contributed by atoms with Crippen LogP contribution in [-0.4, -0.2) is 82.0 Å². The van der Waals surface area contributed by atoms with Crippen molar-refractivity contribution in [2.75, 3.05) is 11.9 Å². The minimum absolute atomic E-state index is 0.0738. The zero-order valence-electron chi connectivity index (χ0n) is 26.6. The Kier molecular flexibility index (Phi) is 11.1. The van der Waals surface area contributed by atoms with Gasteiger partial charge in [0.05, 0.1) is 6.54 Å². The third kappa shape index (κ3) is 8.04. The molecule has 250 valence electrons. The number of nitrogens with zero attached hydrogens (tertiary/aromatic N) is 1. The van der Waals surface area contributed by atoms with Gasteiger partial charge in [-0.3, -0.25) is 24.5 Å². The van der Waals surface area contributed by atoms with E-state index in [-0.39, 0.29) is 31.2 Å². The van der Waals surface area contributed by atoms with E-state index in [2.05, 4.69) is 27.8 Å². The summed E-state index contributed by atoms with van der Waals surface area (Å²) in [5, 5.41) is 20.7. The van der Waals surface area contributed by atoms with Gasteiger partial charge in [0.25, 0.3) is 0 Å². The van der Waals surface area contributed by atoms with Gasteiger partial charge in [0.15, 0.2) is 0 Å². The predicted octanol–water partition coefficient (Wildman–Crippen LogP) is 2.58. The molecule has 46 heavy (non-hydrogen) atoms. The zero-order valence-corrected chi connectivity index (χ0v) is 26.6. The predicted molar refractivity (Wildman–Crippen MR) is 168 cm³/mol. The van der Waals surface area contributed by atoms with Crippen LogP contribution >= 0.6 is 0 Å².